The van der Waals surface area contributed by atoms with Crippen LogP contribution in [0.15, 0.2) is 47.3 Å². The molecule has 1 N–H and O–H groups in total. The molecular weight excluding hydrogens is 476 g/mol. The highest BCUT2D eigenvalue weighted by Crippen LogP contribution is 2.69. The normalized spacial score (nSPS) is 24.3. The molecule has 2 bridgehead atoms. The monoisotopic (exact) mass is 501 g/mol. The van der Waals surface area contributed by atoms with E-state index in [1.165, 1.54) is 24.5 Å². The molecule has 188 valence electrons. The lowest BCUT2D eigenvalue weighted by Gasteiger charge is -2.37. The first-order chi connectivity index (χ1) is 17.8. The summed E-state index contributed by atoms with van der Waals surface area (Å²) < 4.78 is 34.7. The van der Waals surface area contributed by atoms with E-state index in [1.54, 1.807) is 18.5 Å². The minimum atomic E-state index is -0.665. The summed E-state index contributed by atoms with van der Waals surface area (Å²) in [5.74, 6) is -0.660. The second-order valence-electron chi connectivity index (χ2n) is 11.0. The molecule has 3 atom stereocenters. The third-order valence-electron chi connectivity index (χ3n) is 8.79. The molecule has 7 rings (SSSR count). The number of hydrogen-bond acceptors (Lipinski definition) is 7. The Labute approximate surface area is 212 Å². The van der Waals surface area contributed by atoms with Crippen molar-refractivity contribution in [3.63, 3.8) is 0 Å². The van der Waals surface area contributed by atoms with E-state index >= 15 is 0 Å². The van der Waals surface area contributed by atoms with Crippen molar-refractivity contribution in [2.45, 2.75) is 57.0 Å². The van der Waals surface area contributed by atoms with Crippen LogP contribution >= 0.6 is 0 Å². The van der Waals surface area contributed by atoms with Crippen LogP contribution in [0.25, 0.3) is 22.8 Å². The Hall–Kier alpha value is -3.59. The topological polar surface area (TPSA) is 97.8 Å². The van der Waals surface area contributed by atoms with Crippen LogP contribution in [0.2, 0.25) is 0 Å². The molecular formula is C28H25F2N5O2. The highest BCUT2D eigenvalue weighted by molar-refractivity contribution is 5.64. The molecule has 0 amide bonds. The number of rotatable bonds is 5. The Kier molecular flexibility index (Phi) is 4.71. The standard InChI is InChI=1S/C28H25F2N5O2/c1-27(2)16-8-9-28(27,25-15(16)10-19(34-35-25)23-17(29)4-3-5-18(23)30)22-12-31-11-20(32-22)26-33-21(13-37-26)24(36)14-6-7-14/h3-5,10-14,16,24,36H,6-9H2,1-2H3/t16-,24?,28+/m0/s1. The van der Waals surface area contributed by atoms with Crippen LogP contribution in [-0.2, 0) is 5.41 Å². The zero-order valence-electron chi connectivity index (χ0n) is 20.4. The van der Waals surface area contributed by atoms with E-state index in [0.717, 1.165) is 42.6 Å². The fraction of sp³-hybridized carbons (Fsp3) is 0.393. The number of nitrogens with zero attached hydrogens (tertiary/aromatic N) is 5. The number of halogens is 2. The van der Waals surface area contributed by atoms with Gasteiger partial charge in [0.15, 0.2) is 0 Å². The molecule has 0 radical (unpaired) electrons. The lowest BCUT2D eigenvalue weighted by atomic mass is 9.66. The van der Waals surface area contributed by atoms with Gasteiger partial charge >= 0.3 is 0 Å². The third-order valence-corrected chi connectivity index (χ3v) is 8.79. The first-order valence-electron chi connectivity index (χ1n) is 12.6. The van der Waals surface area contributed by atoms with Gasteiger partial charge in [-0.05, 0) is 66.7 Å². The maximum atomic E-state index is 14.5. The summed E-state index contributed by atoms with van der Waals surface area (Å²) in [6.07, 6.45) is 7.86. The second kappa shape index (κ2) is 7.71. The van der Waals surface area contributed by atoms with Gasteiger partial charge in [-0.15, -0.1) is 5.10 Å². The molecule has 0 saturated heterocycles. The molecule has 3 heterocycles. The van der Waals surface area contributed by atoms with E-state index in [4.69, 9.17) is 9.40 Å². The van der Waals surface area contributed by atoms with Crippen LogP contribution < -0.4 is 0 Å². The zero-order valence-corrected chi connectivity index (χ0v) is 20.4. The van der Waals surface area contributed by atoms with Gasteiger partial charge in [0.1, 0.15) is 35.4 Å². The summed E-state index contributed by atoms with van der Waals surface area (Å²) in [6.45, 7) is 4.36. The highest BCUT2D eigenvalue weighted by Gasteiger charge is 2.65. The number of hydrogen-bond donors (Lipinski definition) is 1. The molecule has 4 aromatic rings. The maximum Gasteiger partial charge on any atom is 0.247 e. The summed E-state index contributed by atoms with van der Waals surface area (Å²) in [6, 6.07) is 5.58. The number of benzene rings is 1. The van der Waals surface area contributed by atoms with Crippen LogP contribution in [0.4, 0.5) is 8.78 Å². The van der Waals surface area contributed by atoms with E-state index < -0.39 is 23.2 Å². The van der Waals surface area contributed by atoms with Crippen molar-refractivity contribution in [3.05, 3.63) is 77.2 Å². The van der Waals surface area contributed by atoms with Crippen LogP contribution in [0.1, 0.15) is 74.2 Å². The van der Waals surface area contributed by atoms with Gasteiger partial charge in [-0.25, -0.2) is 18.7 Å². The van der Waals surface area contributed by atoms with E-state index in [9.17, 15) is 13.9 Å². The van der Waals surface area contributed by atoms with Crippen LogP contribution in [0, 0.1) is 23.0 Å². The molecule has 1 aromatic carbocycles. The van der Waals surface area contributed by atoms with E-state index in [-0.39, 0.29) is 28.5 Å². The Morgan fingerprint density at radius 2 is 1.81 bits per heavy atom. The predicted molar refractivity (Wildman–Crippen MR) is 129 cm³/mol. The molecule has 37 heavy (non-hydrogen) atoms. The summed E-state index contributed by atoms with van der Waals surface area (Å²) in [5.41, 5.74) is 2.61. The third kappa shape index (κ3) is 3.09. The zero-order chi connectivity index (χ0) is 25.5. The van der Waals surface area contributed by atoms with Gasteiger partial charge < -0.3 is 9.52 Å². The number of oxazole rings is 1. The molecule has 3 aliphatic carbocycles. The molecule has 2 saturated carbocycles. The molecule has 7 nitrogen and oxygen atoms in total. The summed E-state index contributed by atoms with van der Waals surface area (Å²) in [7, 11) is 0. The Balaban J connectivity index is 1.32. The van der Waals surface area contributed by atoms with Gasteiger partial charge in [-0.2, -0.15) is 5.10 Å². The van der Waals surface area contributed by atoms with E-state index in [2.05, 4.69) is 34.0 Å². The minimum absolute atomic E-state index is 0.124. The van der Waals surface area contributed by atoms with E-state index in [1.807, 2.05) is 0 Å². The van der Waals surface area contributed by atoms with Gasteiger partial charge in [0, 0.05) is 6.20 Å². The lowest BCUT2D eigenvalue weighted by Crippen LogP contribution is -2.38. The maximum absolute atomic E-state index is 14.5. The van der Waals surface area contributed by atoms with Gasteiger partial charge in [0.05, 0.1) is 34.3 Å². The number of aromatic nitrogens is 5. The van der Waals surface area contributed by atoms with Crippen molar-refractivity contribution in [2.75, 3.05) is 0 Å². The minimum Gasteiger partial charge on any atom is -0.443 e. The number of aliphatic hydroxyl groups is 1. The number of aliphatic hydroxyl groups excluding tert-OH is 1. The van der Waals surface area contributed by atoms with Crippen molar-refractivity contribution in [2.24, 2.45) is 11.3 Å². The molecule has 0 spiro atoms. The van der Waals surface area contributed by atoms with Crippen LogP contribution in [0.5, 0.6) is 0 Å². The van der Waals surface area contributed by atoms with Crippen molar-refractivity contribution in [3.8, 4) is 22.8 Å². The molecule has 3 aliphatic rings. The molecule has 3 aromatic heterocycles. The average molecular weight is 502 g/mol. The lowest BCUT2D eigenvalue weighted by molar-refractivity contribution is 0.149. The molecule has 0 aliphatic heterocycles. The first-order valence-corrected chi connectivity index (χ1v) is 12.6. The van der Waals surface area contributed by atoms with Gasteiger partial charge in [-0.1, -0.05) is 19.9 Å². The largest absolute Gasteiger partial charge is 0.443 e. The summed E-state index contributed by atoms with van der Waals surface area (Å²) in [5, 5.41) is 19.3. The van der Waals surface area contributed by atoms with Crippen molar-refractivity contribution in [1.82, 2.24) is 25.1 Å². The first kappa shape index (κ1) is 22.6. The van der Waals surface area contributed by atoms with Crippen molar-refractivity contribution in [1.29, 1.82) is 0 Å². The number of fused-ring (bicyclic) bond motifs is 5. The van der Waals surface area contributed by atoms with Crippen molar-refractivity contribution >= 4 is 0 Å². The van der Waals surface area contributed by atoms with Crippen molar-refractivity contribution < 1.29 is 18.3 Å². The Morgan fingerprint density at radius 1 is 1.03 bits per heavy atom. The Bertz CT molecular complexity index is 1530. The van der Waals surface area contributed by atoms with Crippen LogP contribution in [0.3, 0.4) is 0 Å². The quantitative estimate of drug-likeness (QED) is 0.385. The molecule has 2 fully saturated rings. The van der Waals surface area contributed by atoms with Crippen LogP contribution in [-0.4, -0.2) is 30.3 Å². The fourth-order valence-corrected chi connectivity index (χ4v) is 6.62. The molecule has 9 heteroatoms. The summed E-state index contributed by atoms with van der Waals surface area (Å²) >= 11 is 0. The van der Waals surface area contributed by atoms with Gasteiger partial charge in [0.2, 0.25) is 5.89 Å². The summed E-state index contributed by atoms with van der Waals surface area (Å²) in [4.78, 5) is 13.9. The highest BCUT2D eigenvalue weighted by atomic mass is 19.1. The SMILES string of the molecule is CC1(C)[C@H]2CC[C@@]1(c1cncc(-c3nc(C(O)C4CC4)co3)n1)c1nnc(-c3c(F)cccc3F)cc12. The Morgan fingerprint density at radius 3 is 2.57 bits per heavy atom. The average Bonchev–Trinajstić information content (AvgIpc) is 3.51. The van der Waals surface area contributed by atoms with E-state index in [0.29, 0.717) is 17.3 Å². The smallest absolute Gasteiger partial charge is 0.247 e. The molecule has 1 unspecified atom stereocenters. The predicted octanol–water partition coefficient (Wildman–Crippen LogP) is 5.51. The van der Waals surface area contributed by atoms with Gasteiger partial charge in [-0.3, -0.25) is 4.98 Å². The second-order valence-corrected chi connectivity index (χ2v) is 11.0. The fourth-order valence-electron chi connectivity index (χ4n) is 6.62. The van der Waals surface area contributed by atoms with Gasteiger partial charge in [0.25, 0.3) is 0 Å².